The Hall–Kier alpha value is -1.68. The van der Waals surface area contributed by atoms with Crippen molar-refractivity contribution in [1.82, 2.24) is 4.90 Å². The van der Waals surface area contributed by atoms with Crippen LogP contribution in [0.15, 0.2) is 45.7 Å². The fraction of sp³-hybridized carbons (Fsp3) is 0.267. The van der Waals surface area contributed by atoms with Gasteiger partial charge in [-0.15, -0.1) is 12.6 Å². The van der Waals surface area contributed by atoms with Gasteiger partial charge in [0, 0.05) is 11.9 Å². The average molecular weight is 275 g/mol. The molecular formula is C15H17NO2S. The fourth-order valence-corrected chi connectivity index (χ4v) is 1.96. The molecule has 1 amide bonds. The lowest BCUT2D eigenvalue weighted by Gasteiger charge is -2.15. The summed E-state index contributed by atoms with van der Waals surface area (Å²) < 4.78 is 5.47. The van der Waals surface area contributed by atoms with E-state index in [1.54, 1.807) is 11.9 Å². The molecule has 19 heavy (non-hydrogen) atoms. The van der Waals surface area contributed by atoms with E-state index in [4.69, 9.17) is 4.42 Å². The third-order valence-electron chi connectivity index (χ3n) is 2.91. The van der Waals surface area contributed by atoms with Gasteiger partial charge in [0.05, 0.1) is 13.0 Å². The molecule has 0 N–H and O–H groups in total. The minimum absolute atomic E-state index is 0.0703. The van der Waals surface area contributed by atoms with E-state index in [0.29, 0.717) is 13.0 Å². The van der Waals surface area contributed by atoms with Crippen LogP contribution in [0.25, 0.3) is 0 Å². The lowest BCUT2D eigenvalue weighted by molar-refractivity contribution is -0.129. The Morgan fingerprint density at radius 1 is 1.21 bits per heavy atom. The largest absolute Gasteiger partial charge is 0.464 e. The second-order valence-electron chi connectivity index (χ2n) is 4.61. The van der Waals surface area contributed by atoms with E-state index < -0.39 is 0 Å². The van der Waals surface area contributed by atoms with Gasteiger partial charge in [0.1, 0.15) is 11.5 Å². The molecule has 0 atom stereocenters. The molecule has 0 aliphatic rings. The second-order valence-corrected chi connectivity index (χ2v) is 5.12. The van der Waals surface area contributed by atoms with Gasteiger partial charge in [0.2, 0.25) is 5.91 Å². The van der Waals surface area contributed by atoms with Gasteiger partial charge in [-0.05, 0) is 36.8 Å². The molecule has 1 aromatic carbocycles. The van der Waals surface area contributed by atoms with E-state index in [1.165, 1.54) is 0 Å². The average Bonchev–Trinajstić information content (AvgIpc) is 2.77. The van der Waals surface area contributed by atoms with Gasteiger partial charge in [0.15, 0.2) is 0 Å². The van der Waals surface area contributed by atoms with Crippen LogP contribution in [0.4, 0.5) is 0 Å². The summed E-state index contributed by atoms with van der Waals surface area (Å²) >= 11 is 4.22. The number of nitrogens with zero attached hydrogens (tertiary/aromatic N) is 1. The van der Waals surface area contributed by atoms with Crippen LogP contribution in [-0.4, -0.2) is 17.9 Å². The summed E-state index contributed by atoms with van der Waals surface area (Å²) in [6.07, 6.45) is 0.393. The first kappa shape index (κ1) is 13.7. The predicted octanol–water partition coefficient (Wildman–Crippen LogP) is 3.08. The van der Waals surface area contributed by atoms with Crippen LogP contribution in [0.5, 0.6) is 0 Å². The highest BCUT2D eigenvalue weighted by Gasteiger charge is 2.11. The van der Waals surface area contributed by atoms with Crippen molar-refractivity contribution < 1.29 is 9.21 Å². The molecular weight excluding hydrogens is 258 g/mol. The lowest BCUT2D eigenvalue weighted by Crippen LogP contribution is -2.27. The lowest BCUT2D eigenvalue weighted by atomic mass is 10.1. The van der Waals surface area contributed by atoms with Crippen LogP contribution >= 0.6 is 12.6 Å². The molecule has 0 spiro atoms. The molecule has 2 aromatic rings. The van der Waals surface area contributed by atoms with Gasteiger partial charge in [-0.25, -0.2) is 0 Å². The summed E-state index contributed by atoms with van der Waals surface area (Å²) in [5, 5.41) is 0. The van der Waals surface area contributed by atoms with Crippen molar-refractivity contribution >= 4 is 18.5 Å². The molecule has 1 heterocycles. The number of thiol groups is 1. The molecule has 0 saturated heterocycles. The Morgan fingerprint density at radius 2 is 1.89 bits per heavy atom. The zero-order valence-corrected chi connectivity index (χ0v) is 12.0. The number of amides is 1. The Kier molecular flexibility index (Phi) is 4.32. The first-order chi connectivity index (χ1) is 9.04. The molecule has 0 radical (unpaired) electrons. The van der Waals surface area contributed by atoms with Crippen molar-refractivity contribution in [3.63, 3.8) is 0 Å². The van der Waals surface area contributed by atoms with Crippen molar-refractivity contribution in [2.75, 3.05) is 7.05 Å². The Balaban J connectivity index is 1.94. The zero-order chi connectivity index (χ0) is 13.8. The molecule has 0 aliphatic carbocycles. The standard InChI is InChI=1S/C15H17NO2S/c1-11-3-6-13(18-11)10-16(2)15(17)9-12-4-7-14(19)8-5-12/h3-8,19H,9-10H2,1-2H3. The summed E-state index contributed by atoms with van der Waals surface area (Å²) in [5.41, 5.74) is 0.991. The minimum Gasteiger partial charge on any atom is -0.464 e. The van der Waals surface area contributed by atoms with Crippen LogP contribution in [0.2, 0.25) is 0 Å². The van der Waals surface area contributed by atoms with Crippen LogP contribution in [0, 0.1) is 6.92 Å². The fourth-order valence-electron chi connectivity index (χ4n) is 1.82. The van der Waals surface area contributed by atoms with Crippen LogP contribution < -0.4 is 0 Å². The van der Waals surface area contributed by atoms with Crippen molar-refractivity contribution in [2.45, 2.75) is 24.8 Å². The minimum atomic E-state index is 0.0703. The SMILES string of the molecule is Cc1ccc(CN(C)C(=O)Cc2ccc(S)cc2)o1. The first-order valence-electron chi connectivity index (χ1n) is 6.12. The number of furan rings is 1. The summed E-state index contributed by atoms with van der Waals surface area (Å²) in [4.78, 5) is 14.6. The maximum atomic E-state index is 12.1. The Bertz CT molecular complexity index is 560. The molecule has 0 bridgehead atoms. The number of benzene rings is 1. The van der Waals surface area contributed by atoms with Crippen molar-refractivity contribution in [3.05, 3.63) is 53.5 Å². The molecule has 0 saturated carbocycles. The van der Waals surface area contributed by atoms with E-state index in [2.05, 4.69) is 12.6 Å². The van der Waals surface area contributed by atoms with Crippen molar-refractivity contribution in [3.8, 4) is 0 Å². The summed E-state index contributed by atoms with van der Waals surface area (Å²) in [6.45, 7) is 2.39. The maximum Gasteiger partial charge on any atom is 0.227 e. The topological polar surface area (TPSA) is 33.5 Å². The van der Waals surface area contributed by atoms with E-state index in [1.807, 2.05) is 43.3 Å². The van der Waals surface area contributed by atoms with Crippen molar-refractivity contribution in [2.24, 2.45) is 0 Å². The molecule has 0 fully saturated rings. The van der Waals surface area contributed by atoms with Gasteiger partial charge in [-0.3, -0.25) is 4.79 Å². The summed E-state index contributed by atoms with van der Waals surface area (Å²) in [7, 11) is 1.78. The zero-order valence-electron chi connectivity index (χ0n) is 11.1. The van der Waals surface area contributed by atoms with Crippen molar-refractivity contribution in [1.29, 1.82) is 0 Å². The molecule has 3 nitrogen and oxygen atoms in total. The number of hydrogen-bond acceptors (Lipinski definition) is 3. The highest BCUT2D eigenvalue weighted by molar-refractivity contribution is 7.80. The predicted molar refractivity (Wildman–Crippen MR) is 77.3 cm³/mol. The number of hydrogen-bond donors (Lipinski definition) is 1. The molecule has 0 aliphatic heterocycles. The van der Waals surface area contributed by atoms with Gasteiger partial charge < -0.3 is 9.32 Å². The highest BCUT2D eigenvalue weighted by Crippen LogP contribution is 2.12. The molecule has 1 aromatic heterocycles. The smallest absolute Gasteiger partial charge is 0.227 e. The number of carbonyl (C=O) groups is 1. The van der Waals surface area contributed by atoms with Crippen LogP contribution in [-0.2, 0) is 17.8 Å². The van der Waals surface area contributed by atoms with E-state index in [9.17, 15) is 4.79 Å². The normalized spacial score (nSPS) is 10.5. The molecule has 100 valence electrons. The van der Waals surface area contributed by atoms with E-state index >= 15 is 0 Å². The molecule has 0 unspecified atom stereocenters. The third kappa shape index (κ3) is 3.89. The highest BCUT2D eigenvalue weighted by atomic mass is 32.1. The summed E-state index contributed by atoms with van der Waals surface area (Å²) in [6, 6.07) is 11.4. The number of likely N-dealkylation sites (N-methyl/N-ethyl adjacent to an activating group) is 1. The number of aryl methyl sites for hydroxylation is 1. The maximum absolute atomic E-state index is 12.1. The van der Waals surface area contributed by atoms with Crippen LogP contribution in [0.3, 0.4) is 0 Å². The van der Waals surface area contributed by atoms with Gasteiger partial charge in [-0.2, -0.15) is 0 Å². The summed E-state index contributed by atoms with van der Waals surface area (Å²) in [5.74, 6) is 1.74. The van der Waals surface area contributed by atoms with Gasteiger partial charge in [0.25, 0.3) is 0 Å². The quantitative estimate of drug-likeness (QED) is 0.870. The van der Waals surface area contributed by atoms with Gasteiger partial charge >= 0.3 is 0 Å². The van der Waals surface area contributed by atoms with E-state index in [0.717, 1.165) is 22.0 Å². The van der Waals surface area contributed by atoms with E-state index in [-0.39, 0.29) is 5.91 Å². The third-order valence-corrected chi connectivity index (χ3v) is 3.20. The first-order valence-corrected chi connectivity index (χ1v) is 6.56. The molecule has 4 heteroatoms. The van der Waals surface area contributed by atoms with Gasteiger partial charge in [-0.1, -0.05) is 12.1 Å². The monoisotopic (exact) mass is 275 g/mol. The number of carbonyl (C=O) groups excluding carboxylic acids is 1. The number of rotatable bonds is 4. The van der Waals surface area contributed by atoms with Crippen LogP contribution in [0.1, 0.15) is 17.1 Å². The Labute approximate surface area is 118 Å². The second kappa shape index (κ2) is 5.97. The Morgan fingerprint density at radius 3 is 2.47 bits per heavy atom. The molecule has 2 rings (SSSR count).